The summed E-state index contributed by atoms with van der Waals surface area (Å²) in [5.41, 5.74) is 1.27. The van der Waals surface area contributed by atoms with Gasteiger partial charge >= 0.3 is 5.97 Å². The summed E-state index contributed by atoms with van der Waals surface area (Å²) in [6.07, 6.45) is 3.43. The van der Waals surface area contributed by atoms with Crippen LogP contribution >= 0.6 is 0 Å². The van der Waals surface area contributed by atoms with Crippen molar-refractivity contribution in [2.75, 3.05) is 7.11 Å². The van der Waals surface area contributed by atoms with Gasteiger partial charge in [0.2, 0.25) is 0 Å². The van der Waals surface area contributed by atoms with Crippen LogP contribution in [0.2, 0.25) is 0 Å². The fraction of sp³-hybridized carbons (Fsp3) is 0.438. The molecule has 1 atom stereocenters. The summed E-state index contributed by atoms with van der Waals surface area (Å²) >= 11 is 0. The molecule has 1 aromatic carbocycles. The number of methoxy groups -OCH3 is 1. The van der Waals surface area contributed by atoms with Crippen molar-refractivity contribution in [2.45, 2.75) is 38.1 Å². The Balaban J connectivity index is 1.74. The van der Waals surface area contributed by atoms with Gasteiger partial charge < -0.3 is 4.74 Å². The summed E-state index contributed by atoms with van der Waals surface area (Å²) in [6, 6.07) is 10.3. The second kappa shape index (κ2) is 6.08. The number of nitrogens with zero attached hydrogens (tertiary/aromatic N) is 3. The van der Waals surface area contributed by atoms with Crippen LogP contribution in [0.4, 0.5) is 0 Å². The first-order valence-corrected chi connectivity index (χ1v) is 7.33. The summed E-state index contributed by atoms with van der Waals surface area (Å²) in [6.45, 7) is 0.834. The smallest absolute Gasteiger partial charge is 0.316 e. The number of aryl methyl sites for hydroxylation is 3. The maximum atomic E-state index is 11.8. The van der Waals surface area contributed by atoms with Gasteiger partial charge in [-0.3, -0.25) is 4.79 Å². The van der Waals surface area contributed by atoms with E-state index in [1.54, 1.807) is 0 Å². The van der Waals surface area contributed by atoms with E-state index in [0.29, 0.717) is 0 Å². The lowest BCUT2D eigenvalue weighted by atomic mass is 9.99. The quantitative estimate of drug-likeness (QED) is 0.807. The lowest BCUT2D eigenvalue weighted by molar-refractivity contribution is -0.143. The minimum atomic E-state index is -0.262. The first-order valence-electron chi connectivity index (χ1n) is 7.33. The van der Waals surface area contributed by atoms with Gasteiger partial charge in [-0.05, 0) is 24.8 Å². The van der Waals surface area contributed by atoms with Crippen LogP contribution in [0, 0.1) is 0 Å². The number of hydrogen-bond acceptors (Lipinski definition) is 4. The van der Waals surface area contributed by atoms with Gasteiger partial charge in [-0.25, -0.2) is 9.67 Å². The molecule has 1 aromatic heterocycles. The molecule has 1 aliphatic rings. The van der Waals surface area contributed by atoms with E-state index in [4.69, 9.17) is 4.74 Å². The molecule has 2 aromatic rings. The van der Waals surface area contributed by atoms with E-state index in [-0.39, 0.29) is 11.9 Å². The molecule has 0 bridgehead atoms. The predicted octanol–water partition coefficient (Wildman–Crippen LogP) is 2.11. The van der Waals surface area contributed by atoms with E-state index < -0.39 is 0 Å². The number of hydrogen-bond donors (Lipinski definition) is 0. The monoisotopic (exact) mass is 285 g/mol. The van der Waals surface area contributed by atoms with Gasteiger partial charge in [0, 0.05) is 13.0 Å². The van der Waals surface area contributed by atoms with E-state index >= 15 is 0 Å². The molecule has 5 heteroatoms. The second-order valence-corrected chi connectivity index (χ2v) is 5.31. The third kappa shape index (κ3) is 2.96. The summed E-state index contributed by atoms with van der Waals surface area (Å²) in [5.74, 6) is 1.10. The van der Waals surface area contributed by atoms with Crippen molar-refractivity contribution in [1.82, 2.24) is 14.8 Å². The first-order chi connectivity index (χ1) is 10.3. The van der Waals surface area contributed by atoms with E-state index in [0.717, 1.165) is 43.9 Å². The predicted molar refractivity (Wildman–Crippen MR) is 77.9 cm³/mol. The number of benzene rings is 1. The van der Waals surface area contributed by atoms with Crippen molar-refractivity contribution in [1.29, 1.82) is 0 Å². The highest BCUT2D eigenvalue weighted by Crippen LogP contribution is 2.26. The number of rotatable bonds is 4. The molecule has 1 aliphatic heterocycles. The van der Waals surface area contributed by atoms with Gasteiger partial charge in [0.1, 0.15) is 11.7 Å². The maximum Gasteiger partial charge on any atom is 0.316 e. The van der Waals surface area contributed by atoms with Gasteiger partial charge in [-0.2, -0.15) is 5.10 Å². The molecule has 0 saturated heterocycles. The number of esters is 1. The number of carbonyl (C=O) groups is 1. The molecule has 0 amide bonds. The van der Waals surface area contributed by atoms with Crippen molar-refractivity contribution in [3.05, 3.63) is 47.5 Å². The average molecular weight is 285 g/mol. The van der Waals surface area contributed by atoms with Crippen molar-refractivity contribution < 1.29 is 9.53 Å². The topological polar surface area (TPSA) is 57.0 Å². The molecular formula is C16H19N3O2. The molecule has 0 spiro atoms. The van der Waals surface area contributed by atoms with Crippen molar-refractivity contribution in [2.24, 2.45) is 0 Å². The van der Waals surface area contributed by atoms with Gasteiger partial charge in [0.05, 0.1) is 7.11 Å². The molecule has 110 valence electrons. The average Bonchev–Trinajstić information content (AvgIpc) is 2.96. The Morgan fingerprint density at radius 3 is 2.90 bits per heavy atom. The highest BCUT2D eigenvalue weighted by Gasteiger charge is 2.30. The molecule has 0 radical (unpaired) electrons. The van der Waals surface area contributed by atoms with Crippen LogP contribution in [0.3, 0.4) is 0 Å². The van der Waals surface area contributed by atoms with Crippen molar-refractivity contribution >= 4 is 5.97 Å². The zero-order valence-corrected chi connectivity index (χ0v) is 12.2. The van der Waals surface area contributed by atoms with E-state index in [2.05, 4.69) is 22.2 Å². The molecule has 0 aliphatic carbocycles. The fourth-order valence-electron chi connectivity index (χ4n) is 2.77. The molecule has 0 fully saturated rings. The summed E-state index contributed by atoms with van der Waals surface area (Å²) < 4.78 is 6.73. The first kappa shape index (κ1) is 13.8. The highest BCUT2D eigenvalue weighted by atomic mass is 16.5. The maximum absolute atomic E-state index is 11.8. The minimum absolute atomic E-state index is 0.210. The van der Waals surface area contributed by atoms with E-state index in [1.807, 2.05) is 22.9 Å². The Morgan fingerprint density at radius 1 is 1.33 bits per heavy atom. The van der Waals surface area contributed by atoms with Crippen LogP contribution in [0.15, 0.2) is 30.3 Å². The van der Waals surface area contributed by atoms with E-state index in [9.17, 15) is 4.79 Å². The highest BCUT2D eigenvalue weighted by molar-refractivity contribution is 5.77. The zero-order valence-electron chi connectivity index (χ0n) is 12.2. The van der Waals surface area contributed by atoms with Crippen LogP contribution in [0.1, 0.15) is 36.0 Å². The Kier molecular flexibility index (Phi) is 3.99. The summed E-state index contributed by atoms with van der Waals surface area (Å²) in [4.78, 5) is 16.4. The molecule has 5 nitrogen and oxygen atoms in total. The van der Waals surface area contributed by atoms with Crippen molar-refractivity contribution in [3.63, 3.8) is 0 Å². The van der Waals surface area contributed by atoms with Gasteiger partial charge in [0.25, 0.3) is 0 Å². The molecular weight excluding hydrogens is 266 g/mol. The molecule has 3 rings (SSSR count). The van der Waals surface area contributed by atoms with Crippen LogP contribution in [-0.2, 0) is 28.9 Å². The third-order valence-corrected chi connectivity index (χ3v) is 3.88. The van der Waals surface area contributed by atoms with E-state index in [1.165, 1.54) is 12.7 Å². The van der Waals surface area contributed by atoms with Gasteiger partial charge in [0.15, 0.2) is 5.82 Å². The van der Waals surface area contributed by atoms with Gasteiger partial charge in [-0.1, -0.05) is 30.3 Å². The molecule has 21 heavy (non-hydrogen) atoms. The SMILES string of the molecule is COC(=O)C1CCCn2nc(CCc3ccccc3)nc21. The number of fused-ring (bicyclic) bond motifs is 1. The lowest BCUT2D eigenvalue weighted by Gasteiger charge is -2.19. The number of ether oxygens (including phenoxy) is 1. The number of carbonyl (C=O) groups excluding carboxylic acids is 1. The third-order valence-electron chi connectivity index (χ3n) is 3.88. The van der Waals surface area contributed by atoms with Crippen LogP contribution in [0.5, 0.6) is 0 Å². The minimum Gasteiger partial charge on any atom is -0.468 e. The molecule has 2 heterocycles. The molecule has 0 saturated carbocycles. The second-order valence-electron chi connectivity index (χ2n) is 5.31. The van der Waals surface area contributed by atoms with Crippen LogP contribution in [0.25, 0.3) is 0 Å². The zero-order chi connectivity index (χ0) is 14.7. The standard InChI is InChI=1S/C16H19N3O2/c1-21-16(20)13-8-5-11-19-15(13)17-14(18-19)10-9-12-6-3-2-4-7-12/h2-4,6-7,13H,5,8-11H2,1H3. The molecule has 0 N–H and O–H groups in total. The van der Waals surface area contributed by atoms with Gasteiger partial charge in [-0.15, -0.1) is 0 Å². The Hall–Kier alpha value is -2.17. The lowest BCUT2D eigenvalue weighted by Crippen LogP contribution is -2.24. The summed E-state index contributed by atoms with van der Waals surface area (Å²) in [7, 11) is 1.42. The fourth-order valence-corrected chi connectivity index (χ4v) is 2.77. The van der Waals surface area contributed by atoms with Crippen LogP contribution in [-0.4, -0.2) is 27.8 Å². The molecule has 1 unspecified atom stereocenters. The Morgan fingerprint density at radius 2 is 2.14 bits per heavy atom. The Bertz CT molecular complexity index is 622. The summed E-state index contributed by atoms with van der Waals surface area (Å²) in [5, 5.41) is 4.53. The van der Waals surface area contributed by atoms with Crippen LogP contribution < -0.4 is 0 Å². The normalized spacial score (nSPS) is 17.3. The van der Waals surface area contributed by atoms with Crippen molar-refractivity contribution in [3.8, 4) is 0 Å². The Labute approximate surface area is 124 Å². The number of aromatic nitrogens is 3. The largest absolute Gasteiger partial charge is 0.468 e.